The molecule has 10 rings (SSSR count). The van der Waals surface area contributed by atoms with Gasteiger partial charge in [-0.2, -0.15) is 0 Å². The van der Waals surface area contributed by atoms with Crippen LogP contribution in [-0.4, -0.2) is 108 Å². The second-order valence-corrected chi connectivity index (χ2v) is 20.1. The van der Waals surface area contributed by atoms with Gasteiger partial charge < -0.3 is 112 Å². The molecule has 0 aliphatic heterocycles. The minimum atomic E-state index is -1.05. The van der Waals surface area contributed by atoms with Gasteiger partial charge in [-0.15, -0.1) is 0 Å². The molecular formula is C74H78Er2N4O22. The van der Waals surface area contributed by atoms with Crippen LogP contribution in [0.3, 0.4) is 0 Å². The van der Waals surface area contributed by atoms with Gasteiger partial charge in [-0.05, 0) is 232 Å². The fourth-order valence-electron chi connectivity index (χ4n) is 7.51. The van der Waals surface area contributed by atoms with E-state index in [1.54, 1.807) is 97.6 Å². The van der Waals surface area contributed by atoms with Gasteiger partial charge in [0.1, 0.15) is 34.5 Å². The Hall–Kier alpha value is -10.1. The molecule has 0 aliphatic rings. The summed E-state index contributed by atoms with van der Waals surface area (Å²) in [5.41, 5.74) is 8.98. The van der Waals surface area contributed by atoms with Crippen LogP contribution >= 0.6 is 0 Å². The van der Waals surface area contributed by atoms with Crippen LogP contribution in [0.2, 0.25) is 0 Å². The van der Waals surface area contributed by atoms with Crippen LogP contribution in [0.1, 0.15) is 71.9 Å². The van der Waals surface area contributed by atoms with Crippen molar-refractivity contribution >= 4 is 35.8 Å². The van der Waals surface area contributed by atoms with Crippen molar-refractivity contribution in [3.05, 3.63) is 277 Å². The molecule has 4 heterocycles. The number of carboxylic acid groups (broad SMARTS) is 6. The molecule has 0 bridgehead atoms. The fourth-order valence-corrected chi connectivity index (χ4v) is 7.51. The smallest absolute Gasteiger partial charge is 0.550 e. The average Bonchev–Trinajstić information content (AvgIpc) is 0.829. The molecule has 0 saturated carbocycles. The van der Waals surface area contributed by atoms with E-state index >= 15 is 0 Å². The van der Waals surface area contributed by atoms with Gasteiger partial charge in [0.2, 0.25) is 0 Å². The first-order valence-corrected chi connectivity index (χ1v) is 29.5. The zero-order valence-electron chi connectivity index (χ0n) is 54.5. The van der Waals surface area contributed by atoms with Crippen LogP contribution in [0.15, 0.2) is 243 Å². The van der Waals surface area contributed by atoms with Crippen LogP contribution < -0.4 is 30.6 Å². The zero-order chi connectivity index (χ0) is 70.3. The Morgan fingerprint density at radius 3 is 0.451 bits per heavy atom. The summed E-state index contributed by atoms with van der Waals surface area (Å²) in [6.45, 7) is 0. The van der Waals surface area contributed by atoms with E-state index in [0.717, 1.165) is 56.2 Å². The normalized spacial score (nSPS) is 9.10. The Kier molecular flexibility index (Phi) is 56.5. The standard InChI is InChI=1S/2C10H8N2.6C9H10O3.2Er.4H2O/c2*1-3-7-11-9(5-1)10-6-2-4-8-12-10;6*10-8-4-1-7(2-5-8)3-6-9(11)12;;;;;;/h2*1-8H;6*1-2,4-5,10H,3,6H2,(H,11,12);;;4*1H2/q;;;;;;;;2*+3;;;;/p-6. The third kappa shape index (κ3) is 49.4. The first-order valence-electron chi connectivity index (χ1n) is 29.5. The molecule has 4 aromatic heterocycles. The maximum Gasteiger partial charge on any atom is 3.00 e. The number of carbonyl (C=O) groups is 6. The maximum atomic E-state index is 10.1. The molecule has 0 spiro atoms. The number of benzene rings is 6. The molecule has 0 saturated heterocycles. The molecule has 0 unspecified atom stereocenters. The number of carboxylic acids is 6. The average molecular weight is 1710 g/mol. The van der Waals surface area contributed by atoms with E-state index in [1.807, 2.05) is 72.8 Å². The summed E-state index contributed by atoms with van der Waals surface area (Å²) in [5.74, 6) is -5.19. The zero-order valence-corrected chi connectivity index (χ0v) is 58.2. The van der Waals surface area contributed by atoms with E-state index in [9.17, 15) is 59.4 Å². The SMILES string of the molecule is O.O.O.O.O=C([O-])CCc1ccc(O)cc1.O=C([O-])CCc1ccc(O)cc1.O=C([O-])CCc1ccc(O)cc1.O=C([O-])CCc1ccc(O)cc1.O=C([O-])CCc1ccc(O)cc1.O=C([O-])CCc1ccc(O)cc1.[Er+3].[Er+3].c1ccc(-c2ccccn2)nc1.c1ccc(-c2ccccn2)nc1. The van der Waals surface area contributed by atoms with Crippen LogP contribution in [0, 0.1) is 74.6 Å². The van der Waals surface area contributed by atoms with Gasteiger partial charge in [-0.25, -0.2) is 0 Å². The molecule has 26 nitrogen and oxygen atoms in total. The number of aliphatic carboxylic acids is 6. The van der Waals surface area contributed by atoms with E-state index in [2.05, 4.69) is 19.9 Å². The minimum Gasteiger partial charge on any atom is -0.550 e. The summed E-state index contributed by atoms with van der Waals surface area (Å²) in [5, 5.41) is 114. The van der Waals surface area contributed by atoms with Gasteiger partial charge in [-0.1, -0.05) is 97.1 Å². The van der Waals surface area contributed by atoms with Gasteiger partial charge in [-0.3, -0.25) is 19.9 Å². The predicted octanol–water partition coefficient (Wildman–Crippen LogP) is 1.44. The van der Waals surface area contributed by atoms with Gasteiger partial charge in [0.05, 0.1) is 22.8 Å². The van der Waals surface area contributed by atoms with Gasteiger partial charge in [0, 0.05) is 60.6 Å². The van der Waals surface area contributed by atoms with Crippen LogP contribution in [0.25, 0.3) is 22.8 Å². The quantitative estimate of drug-likeness (QED) is 0.0628. The number of rotatable bonds is 20. The van der Waals surface area contributed by atoms with E-state index < -0.39 is 35.8 Å². The summed E-state index contributed by atoms with van der Waals surface area (Å²) >= 11 is 0. The van der Waals surface area contributed by atoms with Gasteiger partial charge in [0.15, 0.2) is 0 Å². The summed E-state index contributed by atoms with van der Waals surface area (Å²) in [6, 6.07) is 61.9. The topological polar surface area (TPSA) is 540 Å². The summed E-state index contributed by atoms with van der Waals surface area (Å²) in [6.07, 6.45) is 9.87. The molecule has 0 fully saturated rings. The Labute approximate surface area is 647 Å². The van der Waals surface area contributed by atoms with E-state index in [0.29, 0.717) is 38.5 Å². The van der Waals surface area contributed by atoms with Crippen molar-refractivity contribution in [1.29, 1.82) is 0 Å². The van der Waals surface area contributed by atoms with E-state index in [4.69, 9.17) is 30.6 Å². The number of aromatic nitrogens is 4. The van der Waals surface area contributed by atoms with Crippen molar-refractivity contribution < 1.29 is 187 Å². The summed E-state index contributed by atoms with van der Waals surface area (Å²) in [4.78, 5) is 77.2. The van der Waals surface area contributed by atoms with Crippen molar-refractivity contribution in [1.82, 2.24) is 19.9 Å². The number of aromatic hydroxyl groups is 6. The Balaban J connectivity index is -0.000000534. The molecule has 10 aromatic rings. The predicted molar refractivity (Wildman–Crippen MR) is 358 cm³/mol. The molecule has 2 radical (unpaired) electrons. The van der Waals surface area contributed by atoms with E-state index in [1.165, 1.54) is 72.8 Å². The number of phenolic OH excluding ortho intramolecular Hbond substituents is 6. The number of hydrogen-bond donors (Lipinski definition) is 6. The molecule has 14 N–H and O–H groups in total. The molecule has 6 aromatic carbocycles. The number of nitrogens with zero attached hydrogens (tertiary/aromatic N) is 4. The van der Waals surface area contributed by atoms with Gasteiger partial charge >= 0.3 is 74.6 Å². The molecule has 550 valence electrons. The Bertz CT molecular complexity index is 3210. The summed E-state index contributed by atoms with van der Waals surface area (Å²) < 4.78 is 0. The van der Waals surface area contributed by atoms with E-state index in [-0.39, 0.29) is 170 Å². The maximum absolute atomic E-state index is 10.1. The Morgan fingerprint density at radius 2 is 0.353 bits per heavy atom. The molecule has 28 heteroatoms. The van der Waals surface area contributed by atoms with Crippen LogP contribution in [-0.2, 0) is 67.3 Å². The Morgan fingerprint density at radius 1 is 0.225 bits per heavy atom. The van der Waals surface area contributed by atoms with Crippen molar-refractivity contribution in [2.45, 2.75) is 77.0 Å². The molecule has 0 atom stereocenters. The molecule has 102 heavy (non-hydrogen) atoms. The third-order valence-corrected chi connectivity index (χ3v) is 12.5. The number of aryl methyl sites for hydroxylation is 6. The third-order valence-electron chi connectivity index (χ3n) is 12.5. The largest absolute Gasteiger partial charge is 3.00 e. The summed E-state index contributed by atoms with van der Waals surface area (Å²) in [7, 11) is 0. The van der Waals surface area contributed by atoms with Crippen molar-refractivity contribution in [3.63, 3.8) is 0 Å². The van der Waals surface area contributed by atoms with Crippen LogP contribution in [0.4, 0.5) is 0 Å². The van der Waals surface area contributed by atoms with Crippen molar-refractivity contribution in [3.8, 4) is 57.3 Å². The molecule has 0 aliphatic carbocycles. The molecular weight excluding hydrogens is 1630 g/mol. The monoisotopic (exact) mass is 1710 g/mol. The first kappa shape index (κ1) is 98.3. The van der Waals surface area contributed by atoms with Crippen molar-refractivity contribution in [2.75, 3.05) is 0 Å². The number of carbonyl (C=O) groups excluding carboxylic acids is 6. The van der Waals surface area contributed by atoms with Crippen LogP contribution in [0.5, 0.6) is 34.5 Å². The minimum absolute atomic E-state index is 0. The fraction of sp³-hybridized carbons (Fsp3) is 0.162. The second kappa shape index (κ2) is 58.6. The molecule has 0 amide bonds. The van der Waals surface area contributed by atoms with Gasteiger partial charge in [0.25, 0.3) is 0 Å². The first-order chi connectivity index (χ1) is 46.0. The van der Waals surface area contributed by atoms with Crippen molar-refractivity contribution in [2.24, 2.45) is 0 Å². The number of phenols is 6. The number of pyridine rings is 4. The number of hydrogen-bond acceptors (Lipinski definition) is 22. The second-order valence-electron chi connectivity index (χ2n) is 20.1.